The molecule has 3 heterocycles. The second-order valence-corrected chi connectivity index (χ2v) is 6.32. The van der Waals surface area contributed by atoms with Crippen LogP contribution in [0.3, 0.4) is 0 Å². The summed E-state index contributed by atoms with van der Waals surface area (Å²) < 4.78 is 10.7. The molecule has 0 radical (unpaired) electrons. The summed E-state index contributed by atoms with van der Waals surface area (Å²) in [6.45, 7) is 3.10. The number of fused-ring (bicyclic) bond motifs is 1. The van der Waals surface area contributed by atoms with Gasteiger partial charge in [0.1, 0.15) is 0 Å². The summed E-state index contributed by atoms with van der Waals surface area (Å²) in [7, 11) is 0. The number of hydrogen-bond acceptors (Lipinski definition) is 5. The van der Waals surface area contributed by atoms with Crippen LogP contribution in [0.25, 0.3) is 11.6 Å². The first kappa shape index (κ1) is 13.1. The SMILES string of the molecule is c1coc(-c2noc(CN3CCC4CCCCC4C3)n2)c1. The average molecular weight is 287 g/mol. The molecule has 0 N–H and O–H groups in total. The molecule has 2 unspecified atom stereocenters. The van der Waals surface area contributed by atoms with Crippen molar-refractivity contribution >= 4 is 0 Å². The van der Waals surface area contributed by atoms with Gasteiger partial charge in [-0.15, -0.1) is 0 Å². The third kappa shape index (κ3) is 2.75. The van der Waals surface area contributed by atoms with Gasteiger partial charge in [0.25, 0.3) is 0 Å². The summed E-state index contributed by atoms with van der Waals surface area (Å²) in [5, 5.41) is 4.00. The maximum absolute atomic E-state index is 5.36. The number of rotatable bonds is 3. The highest BCUT2D eigenvalue weighted by atomic mass is 16.5. The van der Waals surface area contributed by atoms with Crippen molar-refractivity contribution < 1.29 is 8.94 Å². The molecule has 1 saturated carbocycles. The van der Waals surface area contributed by atoms with E-state index >= 15 is 0 Å². The van der Waals surface area contributed by atoms with Crippen molar-refractivity contribution in [2.75, 3.05) is 13.1 Å². The first-order valence-electron chi connectivity index (χ1n) is 7.97. The Morgan fingerprint density at radius 1 is 1.19 bits per heavy atom. The molecular formula is C16H21N3O2. The van der Waals surface area contributed by atoms with Crippen LogP contribution in [0.4, 0.5) is 0 Å². The first-order valence-corrected chi connectivity index (χ1v) is 7.97. The molecule has 0 bridgehead atoms. The number of furan rings is 1. The van der Waals surface area contributed by atoms with Crippen LogP contribution in [0.5, 0.6) is 0 Å². The van der Waals surface area contributed by atoms with Gasteiger partial charge in [-0.2, -0.15) is 4.98 Å². The molecule has 112 valence electrons. The minimum absolute atomic E-state index is 0.544. The number of likely N-dealkylation sites (tertiary alicyclic amines) is 1. The Balaban J connectivity index is 1.40. The summed E-state index contributed by atoms with van der Waals surface area (Å²) in [5.41, 5.74) is 0. The summed E-state index contributed by atoms with van der Waals surface area (Å²) in [6.07, 6.45) is 8.60. The zero-order chi connectivity index (χ0) is 14.1. The van der Waals surface area contributed by atoms with Gasteiger partial charge >= 0.3 is 0 Å². The summed E-state index contributed by atoms with van der Waals surface area (Å²) in [6, 6.07) is 3.68. The molecule has 21 heavy (non-hydrogen) atoms. The Bertz CT molecular complexity index is 578. The number of hydrogen-bond donors (Lipinski definition) is 0. The van der Waals surface area contributed by atoms with Crippen molar-refractivity contribution in [3.8, 4) is 11.6 Å². The molecule has 2 aromatic heterocycles. The smallest absolute Gasteiger partial charge is 0.241 e. The minimum Gasteiger partial charge on any atom is -0.461 e. The lowest BCUT2D eigenvalue weighted by molar-refractivity contribution is 0.0747. The zero-order valence-electron chi connectivity index (χ0n) is 12.2. The highest BCUT2D eigenvalue weighted by Crippen LogP contribution is 2.36. The molecule has 5 nitrogen and oxygen atoms in total. The quantitative estimate of drug-likeness (QED) is 0.866. The lowest BCUT2D eigenvalue weighted by Crippen LogP contribution is -2.41. The van der Waals surface area contributed by atoms with Crippen LogP contribution in [-0.2, 0) is 6.54 Å². The van der Waals surface area contributed by atoms with Crippen molar-refractivity contribution in [2.45, 2.75) is 38.6 Å². The van der Waals surface area contributed by atoms with E-state index in [4.69, 9.17) is 8.94 Å². The average Bonchev–Trinajstić information content (AvgIpc) is 3.18. The molecule has 1 aliphatic heterocycles. The van der Waals surface area contributed by atoms with Gasteiger partial charge in [0.15, 0.2) is 5.76 Å². The van der Waals surface area contributed by atoms with Gasteiger partial charge in [0.05, 0.1) is 12.8 Å². The molecule has 2 fully saturated rings. The van der Waals surface area contributed by atoms with E-state index in [1.54, 1.807) is 6.26 Å². The maximum atomic E-state index is 5.36. The predicted molar refractivity (Wildman–Crippen MR) is 77.3 cm³/mol. The van der Waals surface area contributed by atoms with Crippen LogP contribution in [0.1, 0.15) is 38.0 Å². The fourth-order valence-electron chi connectivity index (χ4n) is 3.84. The molecule has 2 aliphatic rings. The van der Waals surface area contributed by atoms with Crippen LogP contribution >= 0.6 is 0 Å². The molecule has 0 amide bonds. The van der Waals surface area contributed by atoms with E-state index in [9.17, 15) is 0 Å². The third-order valence-electron chi connectivity index (χ3n) is 4.94. The van der Waals surface area contributed by atoms with Crippen LogP contribution < -0.4 is 0 Å². The second kappa shape index (κ2) is 5.64. The van der Waals surface area contributed by atoms with Crippen LogP contribution in [-0.4, -0.2) is 28.1 Å². The topological polar surface area (TPSA) is 55.3 Å². The van der Waals surface area contributed by atoms with Gasteiger partial charge < -0.3 is 8.94 Å². The Morgan fingerprint density at radius 3 is 2.95 bits per heavy atom. The maximum Gasteiger partial charge on any atom is 0.241 e. The van der Waals surface area contributed by atoms with Crippen molar-refractivity contribution in [3.05, 3.63) is 24.3 Å². The minimum atomic E-state index is 0.544. The van der Waals surface area contributed by atoms with Crippen molar-refractivity contribution in [1.82, 2.24) is 15.0 Å². The van der Waals surface area contributed by atoms with Gasteiger partial charge in [-0.05, 0) is 43.4 Å². The van der Waals surface area contributed by atoms with Crippen molar-refractivity contribution in [1.29, 1.82) is 0 Å². The van der Waals surface area contributed by atoms with E-state index in [2.05, 4.69) is 15.0 Å². The van der Waals surface area contributed by atoms with E-state index in [1.165, 1.54) is 38.6 Å². The van der Waals surface area contributed by atoms with Crippen molar-refractivity contribution in [2.24, 2.45) is 11.8 Å². The number of aromatic nitrogens is 2. The molecule has 0 spiro atoms. The fourth-order valence-corrected chi connectivity index (χ4v) is 3.84. The Hall–Kier alpha value is -1.62. The standard InChI is InChI=1S/C16H21N3O2/c1-2-5-13-10-19(8-7-12(13)4-1)11-15-17-16(18-21-15)14-6-3-9-20-14/h3,6,9,12-13H,1-2,4-5,7-8,10-11H2. The lowest BCUT2D eigenvalue weighted by Gasteiger charge is -2.40. The summed E-state index contributed by atoms with van der Waals surface area (Å²) in [5.74, 6) is 3.73. The molecule has 1 saturated heterocycles. The molecule has 0 aromatic carbocycles. The van der Waals surface area contributed by atoms with Crippen LogP contribution in [0, 0.1) is 11.8 Å². The van der Waals surface area contributed by atoms with Gasteiger partial charge in [-0.3, -0.25) is 4.90 Å². The van der Waals surface area contributed by atoms with E-state index in [1.807, 2.05) is 12.1 Å². The predicted octanol–water partition coefficient (Wildman–Crippen LogP) is 3.34. The molecular weight excluding hydrogens is 266 g/mol. The van der Waals surface area contributed by atoms with Gasteiger partial charge in [0, 0.05) is 6.54 Å². The molecule has 2 atom stereocenters. The van der Waals surface area contributed by atoms with Gasteiger partial charge in [0.2, 0.25) is 11.7 Å². The van der Waals surface area contributed by atoms with E-state index in [0.717, 1.165) is 24.9 Å². The Kier molecular flexibility index (Phi) is 3.51. The summed E-state index contributed by atoms with van der Waals surface area (Å²) in [4.78, 5) is 6.90. The summed E-state index contributed by atoms with van der Waals surface area (Å²) >= 11 is 0. The van der Waals surface area contributed by atoms with Crippen LogP contribution in [0.2, 0.25) is 0 Å². The highest BCUT2D eigenvalue weighted by molar-refractivity contribution is 5.44. The number of nitrogens with zero attached hydrogens (tertiary/aromatic N) is 3. The second-order valence-electron chi connectivity index (χ2n) is 6.32. The Labute approximate surface area is 124 Å². The zero-order valence-corrected chi connectivity index (χ0v) is 12.2. The number of piperidine rings is 1. The fraction of sp³-hybridized carbons (Fsp3) is 0.625. The third-order valence-corrected chi connectivity index (χ3v) is 4.94. The highest BCUT2D eigenvalue weighted by Gasteiger charge is 2.31. The van der Waals surface area contributed by atoms with E-state index < -0.39 is 0 Å². The van der Waals surface area contributed by atoms with Gasteiger partial charge in [-0.1, -0.05) is 24.4 Å². The van der Waals surface area contributed by atoms with Crippen LogP contribution in [0.15, 0.2) is 27.3 Å². The normalized spacial score (nSPS) is 26.7. The molecule has 1 aliphatic carbocycles. The molecule has 5 heteroatoms. The lowest BCUT2D eigenvalue weighted by atomic mass is 9.75. The van der Waals surface area contributed by atoms with Gasteiger partial charge in [-0.25, -0.2) is 0 Å². The van der Waals surface area contributed by atoms with Crippen molar-refractivity contribution in [3.63, 3.8) is 0 Å². The first-order chi connectivity index (χ1) is 10.4. The molecule has 4 rings (SSSR count). The largest absolute Gasteiger partial charge is 0.461 e. The van der Waals surface area contributed by atoms with E-state index in [-0.39, 0.29) is 0 Å². The monoisotopic (exact) mass is 287 g/mol. The molecule has 2 aromatic rings. The Morgan fingerprint density at radius 2 is 2.10 bits per heavy atom. The van der Waals surface area contributed by atoms with E-state index in [0.29, 0.717) is 17.5 Å².